The number of nitrogens with zero attached hydrogens (tertiary/aromatic N) is 2. The SMILES string of the molecule is CC1(Nc2nncc3ccccc23)CCCC1. The number of hydrogen-bond donors (Lipinski definition) is 1. The fourth-order valence-corrected chi connectivity index (χ4v) is 2.69. The van der Waals surface area contributed by atoms with Crippen LogP contribution in [0.1, 0.15) is 32.6 Å². The molecule has 0 unspecified atom stereocenters. The van der Waals surface area contributed by atoms with Gasteiger partial charge in [0.1, 0.15) is 0 Å². The van der Waals surface area contributed by atoms with Gasteiger partial charge in [0.15, 0.2) is 5.82 Å². The van der Waals surface area contributed by atoms with Gasteiger partial charge in [0.25, 0.3) is 0 Å². The highest BCUT2D eigenvalue weighted by atomic mass is 15.2. The van der Waals surface area contributed by atoms with E-state index in [1.807, 2.05) is 18.3 Å². The van der Waals surface area contributed by atoms with Gasteiger partial charge in [0.2, 0.25) is 0 Å². The normalized spacial score (nSPS) is 18.4. The van der Waals surface area contributed by atoms with Crippen LogP contribution in [0.3, 0.4) is 0 Å². The van der Waals surface area contributed by atoms with Crippen molar-refractivity contribution in [2.75, 3.05) is 5.32 Å². The van der Waals surface area contributed by atoms with Gasteiger partial charge in [-0.1, -0.05) is 37.1 Å². The Bertz CT molecular complexity index is 524. The van der Waals surface area contributed by atoms with E-state index in [0.29, 0.717) is 0 Å². The van der Waals surface area contributed by atoms with Crippen molar-refractivity contribution >= 4 is 16.6 Å². The first-order chi connectivity index (χ1) is 8.27. The van der Waals surface area contributed by atoms with Crippen molar-refractivity contribution in [3.8, 4) is 0 Å². The van der Waals surface area contributed by atoms with Gasteiger partial charge in [-0.25, -0.2) is 0 Å². The number of benzene rings is 1. The van der Waals surface area contributed by atoms with E-state index < -0.39 is 0 Å². The van der Waals surface area contributed by atoms with E-state index in [4.69, 9.17) is 0 Å². The number of aromatic nitrogens is 2. The Morgan fingerprint density at radius 1 is 1.18 bits per heavy atom. The van der Waals surface area contributed by atoms with Gasteiger partial charge >= 0.3 is 0 Å². The molecule has 1 aromatic heterocycles. The first-order valence-electron chi connectivity index (χ1n) is 6.25. The second kappa shape index (κ2) is 3.99. The highest BCUT2D eigenvalue weighted by Gasteiger charge is 2.29. The lowest BCUT2D eigenvalue weighted by atomic mass is 10.0. The molecule has 1 aliphatic carbocycles. The van der Waals surface area contributed by atoms with Gasteiger partial charge in [-0.05, 0) is 19.8 Å². The van der Waals surface area contributed by atoms with Gasteiger partial charge in [-0.2, -0.15) is 5.10 Å². The predicted octanol–water partition coefficient (Wildman–Crippen LogP) is 3.37. The highest BCUT2D eigenvalue weighted by Crippen LogP contribution is 2.33. The molecule has 17 heavy (non-hydrogen) atoms. The molecule has 0 aliphatic heterocycles. The second-order valence-corrected chi connectivity index (χ2v) is 5.17. The summed E-state index contributed by atoms with van der Waals surface area (Å²) in [4.78, 5) is 0. The molecule has 3 nitrogen and oxygen atoms in total. The molecule has 1 saturated carbocycles. The quantitative estimate of drug-likeness (QED) is 0.854. The topological polar surface area (TPSA) is 37.8 Å². The van der Waals surface area contributed by atoms with Crippen molar-refractivity contribution < 1.29 is 0 Å². The van der Waals surface area contributed by atoms with Crippen LogP contribution in [0.2, 0.25) is 0 Å². The summed E-state index contributed by atoms with van der Waals surface area (Å²) in [6.07, 6.45) is 6.87. The number of nitrogens with one attached hydrogen (secondary N) is 1. The van der Waals surface area contributed by atoms with Crippen molar-refractivity contribution in [3.05, 3.63) is 30.5 Å². The molecule has 1 N–H and O–H groups in total. The molecule has 88 valence electrons. The molecule has 0 spiro atoms. The Morgan fingerprint density at radius 3 is 2.76 bits per heavy atom. The van der Waals surface area contributed by atoms with E-state index >= 15 is 0 Å². The number of anilines is 1. The summed E-state index contributed by atoms with van der Waals surface area (Å²) < 4.78 is 0. The molecule has 0 radical (unpaired) electrons. The maximum Gasteiger partial charge on any atom is 0.156 e. The zero-order valence-corrected chi connectivity index (χ0v) is 10.1. The number of hydrogen-bond acceptors (Lipinski definition) is 3. The Labute approximate surface area is 101 Å². The molecule has 1 heterocycles. The zero-order chi connectivity index (χ0) is 11.7. The Morgan fingerprint density at radius 2 is 1.94 bits per heavy atom. The van der Waals surface area contributed by atoms with Gasteiger partial charge in [-0.3, -0.25) is 0 Å². The predicted molar refractivity (Wildman–Crippen MR) is 70.0 cm³/mol. The van der Waals surface area contributed by atoms with Crippen molar-refractivity contribution in [1.29, 1.82) is 0 Å². The van der Waals surface area contributed by atoms with Crippen molar-refractivity contribution in [2.45, 2.75) is 38.1 Å². The third-order valence-corrected chi connectivity index (χ3v) is 3.70. The zero-order valence-electron chi connectivity index (χ0n) is 10.1. The van der Waals surface area contributed by atoms with Gasteiger partial charge in [0, 0.05) is 16.3 Å². The summed E-state index contributed by atoms with van der Waals surface area (Å²) >= 11 is 0. The maximum absolute atomic E-state index is 4.25. The lowest BCUT2D eigenvalue weighted by Crippen LogP contribution is -2.31. The lowest BCUT2D eigenvalue weighted by molar-refractivity contribution is 0.531. The Kier molecular flexibility index (Phi) is 2.46. The van der Waals surface area contributed by atoms with Crippen LogP contribution in [-0.4, -0.2) is 15.7 Å². The van der Waals surface area contributed by atoms with E-state index in [1.54, 1.807) is 0 Å². The average molecular weight is 227 g/mol. The molecule has 0 amide bonds. The van der Waals surface area contributed by atoms with Crippen molar-refractivity contribution in [3.63, 3.8) is 0 Å². The van der Waals surface area contributed by atoms with Crippen LogP contribution in [0.4, 0.5) is 5.82 Å². The van der Waals surface area contributed by atoms with E-state index in [-0.39, 0.29) is 5.54 Å². The van der Waals surface area contributed by atoms with Crippen LogP contribution >= 0.6 is 0 Å². The third kappa shape index (κ3) is 1.97. The summed E-state index contributed by atoms with van der Waals surface area (Å²) in [6.45, 7) is 2.28. The largest absolute Gasteiger partial charge is 0.363 e. The van der Waals surface area contributed by atoms with Crippen LogP contribution in [0.5, 0.6) is 0 Å². The summed E-state index contributed by atoms with van der Waals surface area (Å²) in [5.41, 5.74) is 0.193. The fourth-order valence-electron chi connectivity index (χ4n) is 2.69. The molecular formula is C14H17N3. The van der Waals surface area contributed by atoms with Crippen LogP contribution in [-0.2, 0) is 0 Å². The summed E-state index contributed by atoms with van der Waals surface area (Å²) in [6, 6.07) is 8.26. The number of rotatable bonds is 2. The van der Waals surface area contributed by atoms with Crippen LogP contribution in [0.15, 0.2) is 30.5 Å². The molecule has 1 aliphatic rings. The van der Waals surface area contributed by atoms with Crippen LogP contribution < -0.4 is 5.32 Å². The van der Waals surface area contributed by atoms with Crippen LogP contribution in [0, 0.1) is 0 Å². The fraction of sp³-hybridized carbons (Fsp3) is 0.429. The average Bonchev–Trinajstić information content (AvgIpc) is 2.76. The molecule has 2 aromatic rings. The van der Waals surface area contributed by atoms with E-state index in [1.165, 1.54) is 25.7 Å². The second-order valence-electron chi connectivity index (χ2n) is 5.17. The first-order valence-corrected chi connectivity index (χ1v) is 6.25. The lowest BCUT2D eigenvalue weighted by Gasteiger charge is -2.26. The molecular weight excluding hydrogens is 210 g/mol. The van der Waals surface area contributed by atoms with Crippen molar-refractivity contribution in [1.82, 2.24) is 10.2 Å². The molecule has 0 atom stereocenters. The van der Waals surface area contributed by atoms with Gasteiger partial charge in [0.05, 0.1) is 6.20 Å². The molecule has 3 rings (SSSR count). The first kappa shape index (κ1) is 10.5. The summed E-state index contributed by atoms with van der Waals surface area (Å²) in [7, 11) is 0. The Balaban J connectivity index is 2.00. The molecule has 1 aromatic carbocycles. The molecule has 1 fully saturated rings. The molecule has 0 bridgehead atoms. The summed E-state index contributed by atoms with van der Waals surface area (Å²) in [5.74, 6) is 0.924. The highest BCUT2D eigenvalue weighted by molar-refractivity contribution is 5.91. The third-order valence-electron chi connectivity index (χ3n) is 3.70. The van der Waals surface area contributed by atoms with E-state index in [9.17, 15) is 0 Å². The monoisotopic (exact) mass is 227 g/mol. The van der Waals surface area contributed by atoms with Crippen molar-refractivity contribution in [2.24, 2.45) is 0 Å². The smallest absolute Gasteiger partial charge is 0.156 e. The summed E-state index contributed by atoms with van der Waals surface area (Å²) in [5, 5.41) is 14.2. The standard InChI is InChI=1S/C14H17N3/c1-14(8-4-5-9-14)16-13-12-7-3-2-6-11(12)10-15-17-13/h2-3,6-7,10H,4-5,8-9H2,1H3,(H,16,17). The van der Waals surface area contributed by atoms with Crippen LogP contribution in [0.25, 0.3) is 10.8 Å². The van der Waals surface area contributed by atoms with E-state index in [0.717, 1.165) is 16.6 Å². The minimum absolute atomic E-state index is 0.193. The number of fused-ring (bicyclic) bond motifs is 1. The minimum Gasteiger partial charge on any atom is -0.363 e. The van der Waals surface area contributed by atoms with E-state index in [2.05, 4.69) is 34.6 Å². The Hall–Kier alpha value is -1.64. The minimum atomic E-state index is 0.193. The van der Waals surface area contributed by atoms with Gasteiger partial charge < -0.3 is 5.32 Å². The maximum atomic E-state index is 4.25. The molecule has 0 saturated heterocycles. The molecule has 3 heteroatoms. The van der Waals surface area contributed by atoms with Gasteiger partial charge in [-0.15, -0.1) is 5.10 Å².